The number of hydrogen-bond donors (Lipinski definition) is 1. The van der Waals surface area contributed by atoms with E-state index in [1.54, 1.807) is 4.90 Å². The molecule has 2 heterocycles. The molecule has 1 fully saturated rings. The van der Waals surface area contributed by atoms with Crippen LogP contribution in [0.25, 0.3) is 0 Å². The van der Waals surface area contributed by atoms with Crippen molar-refractivity contribution in [3.8, 4) is 0 Å². The Morgan fingerprint density at radius 3 is 2.45 bits per heavy atom. The summed E-state index contributed by atoms with van der Waals surface area (Å²) in [6.07, 6.45) is 3.01. The van der Waals surface area contributed by atoms with Gasteiger partial charge in [0.2, 0.25) is 5.09 Å². The summed E-state index contributed by atoms with van der Waals surface area (Å²) in [5, 5.41) is -0.235. The number of rotatable bonds is 3. The van der Waals surface area contributed by atoms with Gasteiger partial charge in [-0.3, -0.25) is 4.79 Å². The zero-order valence-electron chi connectivity index (χ0n) is 11.9. The topological polar surface area (TPSA) is 79.6 Å². The quantitative estimate of drug-likeness (QED) is 0.919. The minimum Gasteiger partial charge on any atom is -0.438 e. The first-order valence-electron chi connectivity index (χ1n) is 6.73. The molecule has 1 saturated heterocycles. The SMILES string of the molecule is CNS(=O)(=O)c1ccc(C(=O)N2C(C)CCCC2C)o1. The van der Waals surface area contributed by atoms with Crippen molar-refractivity contribution in [2.45, 2.75) is 50.3 Å². The number of sulfonamides is 1. The Bertz CT molecular complexity index is 583. The first-order chi connectivity index (χ1) is 9.36. The molecule has 0 bridgehead atoms. The van der Waals surface area contributed by atoms with E-state index in [9.17, 15) is 13.2 Å². The van der Waals surface area contributed by atoms with Gasteiger partial charge in [0.1, 0.15) is 0 Å². The maximum Gasteiger partial charge on any atom is 0.290 e. The van der Waals surface area contributed by atoms with E-state index in [0.717, 1.165) is 19.3 Å². The lowest BCUT2D eigenvalue weighted by Gasteiger charge is -2.38. The van der Waals surface area contributed by atoms with Gasteiger partial charge < -0.3 is 9.32 Å². The number of likely N-dealkylation sites (tertiary alicyclic amines) is 1. The van der Waals surface area contributed by atoms with Gasteiger partial charge >= 0.3 is 0 Å². The molecule has 1 amide bonds. The van der Waals surface area contributed by atoms with Crippen LogP contribution >= 0.6 is 0 Å². The van der Waals surface area contributed by atoms with Gasteiger partial charge in [-0.05, 0) is 52.3 Å². The van der Waals surface area contributed by atoms with Crippen LogP contribution in [0, 0.1) is 0 Å². The monoisotopic (exact) mass is 300 g/mol. The molecule has 20 heavy (non-hydrogen) atoms. The van der Waals surface area contributed by atoms with Crippen LogP contribution in [0.1, 0.15) is 43.7 Å². The van der Waals surface area contributed by atoms with Crippen LogP contribution in [0.2, 0.25) is 0 Å². The maximum absolute atomic E-state index is 12.5. The first kappa shape index (κ1) is 15.1. The van der Waals surface area contributed by atoms with E-state index < -0.39 is 10.0 Å². The van der Waals surface area contributed by atoms with Gasteiger partial charge in [0.15, 0.2) is 5.76 Å². The van der Waals surface area contributed by atoms with Crippen molar-refractivity contribution in [3.05, 3.63) is 17.9 Å². The molecule has 1 aromatic heterocycles. The molecule has 6 nitrogen and oxygen atoms in total. The van der Waals surface area contributed by atoms with E-state index >= 15 is 0 Å². The number of carbonyl (C=O) groups is 1. The molecule has 1 aliphatic heterocycles. The number of hydrogen-bond acceptors (Lipinski definition) is 4. The minimum atomic E-state index is -3.66. The average Bonchev–Trinajstić information content (AvgIpc) is 2.88. The highest BCUT2D eigenvalue weighted by Crippen LogP contribution is 2.25. The van der Waals surface area contributed by atoms with E-state index in [0.29, 0.717) is 0 Å². The summed E-state index contributed by atoms with van der Waals surface area (Å²) < 4.78 is 30.6. The van der Waals surface area contributed by atoms with Gasteiger partial charge in [-0.2, -0.15) is 0 Å². The fourth-order valence-electron chi connectivity index (χ4n) is 2.63. The summed E-state index contributed by atoms with van der Waals surface area (Å²) in [5.41, 5.74) is 0. The Labute approximate surface area is 119 Å². The molecule has 1 aromatic rings. The van der Waals surface area contributed by atoms with Gasteiger partial charge in [-0.25, -0.2) is 13.1 Å². The molecule has 0 saturated carbocycles. The highest BCUT2D eigenvalue weighted by molar-refractivity contribution is 7.89. The maximum atomic E-state index is 12.5. The van der Waals surface area contributed by atoms with Gasteiger partial charge in [0, 0.05) is 12.1 Å². The van der Waals surface area contributed by atoms with E-state index in [1.165, 1.54) is 19.2 Å². The van der Waals surface area contributed by atoms with Gasteiger partial charge in [0.25, 0.3) is 15.9 Å². The summed E-state index contributed by atoms with van der Waals surface area (Å²) in [5.74, 6) is -0.179. The number of furan rings is 1. The smallest absolute Gasteiger partial charge is 0.290 e. The van der Waals surface area contributed by atoms with Gasteiger partial charge in [-0.15, -0.1) is 0 Å². The zero-order chi connectivity index (χ0) is 14.9. The molecule has 112 valence electrons. The number of piperidine rings is 1. The molecule has 0 aliphatic carbocycles. The van der Waals surface area contributed by atoms with Crippen LogP contribution in [0.5, 0.6) is 0 Å². The highest BCUT2D eigenvalue weighted by atomic mass is 32.2. The predicted octanol–water partition coefficient (Wildman–Crippen LogP) is 1.59. The van der Waals surface area contributed by atoms with Gasteiger partial charge in [-0.1, -0.05) is 0 Å². The summed E-state index contributed by atoms with van der Waals surface area (Å²) in [4.78, 5) is 14.2. The van der Waals surface area contributed by atoms with Crippen molar-refractivity contribution in [2.24, 2.45) is 0 Å². The van der Waals surface area contributed by atoms with Crippen LogP contribution in [-0.4, -0.2) is 38.4 Å². The molecular formula is C13H20N2O4S. The first-order valence-corrected chi connectivity index (χ1v) is 8.21. The predicted molar refractivity (Wildman–Crippen MR) is 73.9 cm³/mol. The fourth-order valence-corrected chi connectivity index (χ4v) is 3.28. The van der Waals surface area contributed by atoms with Crippen LogP contribution in [0.4, 0.5) is 0 Å². The van der Waals surface area contributed by atoms with Gasteiger partial charge in [0.05, 0.1) is 0 Å². The molecule has 2 atom stereocenters. The normalized spacial score (nSPS) is 23.9. The Morgan fingerprint density at radius 1 is 1.30 bits per heavy atom. The number of amides is 1. The second-order valence-electron chi connectivity index (χ2n) is 5.17. The van der Waals surface area contributed by atoms with Crippen LogP contribution in [0.3, 0.4) is 0 Å². The largest absolute Gasteiger partial charge is 0.438 e. The van der Waals surface area contributed by atoms with Crippen molar-refractivity contribution in [3.63, 3.8) is 0 Å². The van der Waals surface area contributed by atoms with Crippen molar-refractivity contribution < 1.29 is 17.6 Å². The lowest BCUT2D eigenvalue weighted by Crippen LogP contribution is -2.47. The molecule has 7 heteroatoms. The molecule has 0 radical (unpaired) electrons. The number of carbonyl (C=O) groups excluding carboxylic acids is 1. The van der Waals surface area contributed by atoms with Crippen LogP contribution < -0.4 is 4.72 Å². The summed E-state index contributed by atoms with van der Waals surface area (Å²) >= 11 is 0. The average molecular weight is 300 g/mol. The molecule has 2 unspecified atom stereocenters. The van der Waals surface area contributed by atoms with E-state index in [-0.39, 0.29) is 28.8 Å². The van der Waals surface area contributed by atoms with Crippen LogP contribution in [-0.2, 0) is 10.0 Å². The lowest BCUT2D eigenvalue weighted by atomic mass is 9.97. The van der Waals surface area contributed by atoms with E-state index in [4.69, 9.17) is 4.42 Å². The van der Waals surface area contributed by atoms with E-state index in [1.807, 2.05) is 13.8 Å². The second-order valence-corrected chi connectivity index (χ2v) is 6.99. The Kier molecular flexibility index (Phi) is 4.19. The van der Waals surface area contributed by atoms with Crippen molar-refractivity contribution in [1.29, 1.82) is 0 Å². The third kappa shape index (κ3) is 2.73. The standard InChI is InChI=1S/C13H20N2O4S/c1-9-5-4-6-10(2)15(9)13(16)11-7-8-12(19-11)20(17,18)14-3/h7-10,14H,4-6H2,1-3H3. The third-order valence-electron chi connectivity index (χ3n) is 3.75. The summed E-state index contributed by atoms with van der Waals surface area (Å²) in [6.45, 7) is 4.00. The van der Waals surface area contributed by atoms with Crippen LogP contribution in [0.15, 0.2) is 21.6 Å². The van der Waals surface area contributed by atoms with Crippen molar-refractivity contribution in [2.75, 3.05) is 7.05 Å². The molecule has 2 rings (SSSR count). The van der Waals surface area contributed by atoms with Crippen molar-refractivity contribution in [1.82, 2.24) is 9.62 Å². The minimum absolute atomic E-state index is 0.0689. The highest BCUT2D eigenvalue weighted by Gasteiger charge is 2.32. The molecule has 1 N–H and O–H groups in total. The van der Waals surface area contributed by atoms with Crippen molar-refractivity contribution >= 4 is 15.9 Å². The molecular weight excluding hydrogens is 280 g/mol. The summed E-state index contributed by atoms with van der Waals surface area (Å²) in [6, 6.07) is 3.00. The molecule has 1 aliphatic rings. The Balaban J connectivity index is 2.26. The summed E-state index contributed by atoms with van der Waals surface area (Å²) in [7, 11) is -2.36. The second kappa shape index (κ2) is 5.57. The third-order valence-corrected chi connectivity index (χ3v) is 5.04. The van der Waals surface area contributed by atoms with E-state index in [2.05, 4.69) is 4.72 Å². The molecule has 0 aromatic carbocycles. The molecule has 0 spiro atoms. The number of nitrogens with one attached hydrogen (secondary N) is 1. The Morgan fingerprint density at radius 2 is 1.90 bits per heavy atom. The lowest BCUT2D eigenvalue weighted by molar-refractivity contribution is 0.0473. The Hall–Kier alpha value is -1.34. The fraction of sp³-hybridized carbons (Fsp3) is 0.615. The zero-order valence-corrected chi connectivity index (χ0v) is 12.7. The number of nitrogens with zero attached hydrogens (tertiary/aromatic N) is 1.